The van der Waals surface area contributed by atoms with Crippen LogP contribution in [0.3, 0.4) is 0 Å². The van der Waals surface area contributed by atoms with Gasteiger partial charge in [-0.2, -0.15) is 0 Å². The predicted molar refractivity (Wildman–Crippen MR) is 89.6 cm³/mol. The first-order valence-electron chi connectivity index (χ1n) is 6.94. The van der Waals surface area contributed by atoms with Crippen LogP contribution in [0.25, 0.3) is 0 Å². The molecule has 20 heavy (non-hydrogen) atoms. The standard InChI is InChI=1S/C15H24N2O.2ClH/c1-3-5-15(17-10-8-16-9-11-17)13-6-4-7-14(12-13)18-2;;/h4,6-7,12,15-16H,3,5,8-11H2,1-2H3;2*1H/t15-;;/m0../s1. The van der Waals surface area contributed by atoms with Crippen molar-refractivity contribution in [2.75, 3.05) is 33.3 Å². The van der Waals surface area contributed by atoms with E-state index in [1.54, 1.807) is 7.11 Å². The molecule has 0 unspecified atom stereocenters. The Kier molecular flexibility index (Phi) is 10.0. The number of halogens is 2. The second kappa shape index (κ2) is 10.3. The predicted octanol–water partition coefficient (Wildman–Crippen LogP) is 3.29. The van der Waals surface area contributed by atoms with Crippen LogP contribution in [0.4, 0.5) is 0 Å². The molecular weight excluding hydrogens is 295 g/mol. The van der Waals surface area contributed by atoms with Crippen LogP contribution in [0.5, 0.6) is 5.75 Å². The molecule has 0 aliphatic carbocycles. The number of hydrogen-bond donors (Lipinski definition) is 1. The molecule has 5 heteroatoms. The fraction of sp³-hybridized carbons (Fsp3) is 0.600. The smallest absolute Gasteiger partial charge is 0.119 e. The van der Waals surface area contributed by atoms with E-state index in [9.17, 15) is 0 Å². The lowest BCUT2D eigenvalue weighted by molar-refractivity contribution is 0.164. The van der Waals surface area contributed by atoms with Crippen LogP contribution in [0.15, 0.2) is 24.3 Å². The first-order valence-corrected chi connectivity index (χ1v) is 6.94. The van der Waals surface area contributed by atoms with E-state index in [1.165, 1.54) is 18.4 Å². The lowest BCUT2D eigenvalue weighted by atomic mass is 9.99. The van der Waals surface area contributed by atoms with Crippen molar-refractivity contribution in [2.45, 2.75) is 25.8 Å². The molecule has 1 N–H and O–H groups in total. The van der Waals surface area contributed by atoms with Crippen LogP contribution in [0.1, 0.15) is 31.4 Å². The van der Waals surface area contributed by atoms with Gasteiger partial charge in [-0.05, 0) is 24.1 Å². The molecule has 1 aliphatic heterocycles. The first kappa shape index (κ1) is 19.5. The quantitative estimate of drug-likeness (QED) is 0.901. The number of nitrogens with zero attached hydrogens (tertiary/aromatic N) is 1. The molecular formula is C15H26Cl2N2O. The van der Waals surface area contributed by atoms with Crippen LogP contribution in [0, 0.1) is 0 Å². The molecule has 1 aromatic carbocycles. The molecule has 0 radical (unpaired) electrons. The van der Waals surface area contributed by atoms with E-state index < -0.39 is 0 Å². The zero-order valence-electron chi connectivity index (χ0n) is 12.3. The van der Waals surface area contributed by atoms with Crippen molar-refractivity contribution in [3.8, 4) is 5.75 Å². The summed E-state index contributed by atoms with van der Waals surface area (Å²) in [6, 6.07) is 9.06. The Labute approximate surface area is 134 Å². The summed E-state index contributed by atoms with van der Waals surface area (Å²) in [6.07, 6.45) is 2.43. The highest BCUT2D eigenvalue weighted by atomic mass is 35.5. The summed E-state index contributed by atoms with van der Waals surface area (Å²) >= 11 is 0. The van der Waals surface area contributed by atoms with Gasteiger partial charge in [-0.3, -0.25) is 4.90 Å². The largest absolute Gasteiger partial charge is 0.497 e. The first-order chi connectivity index (χ1) is 8.85. The Bertz CT molecular complexity index is 371. The average Bonchev–Trinajstić information content (AvgIpc) is 2.46. The van der Waals surface area contributed by atoms with Crippen molar-refractivity contribution in [3.05, 3.63) is 29.8 Å². The molecule has 0 aromatic heterocycles. The monoisotopic (exact) mass is 320 g/mol. The van der Waals surface area contributed by atoms with Crippen LogP contribution in [0.2, 0.25) is 0 Å². The molecule has 0 saturated carbocycles. The fourth-order valence-electron chi connectivity index (χ4n) is 2.68. The van der Waals surface area contributed by atoms with Crippen LogP contribution < -0.4 is 10.1 Å². The molecule has 1 heterocycles. The van der Waals surface area contributed by atoms with E-state index in [1.807, 2.05) is 6.07 Å². The summed E-state index contributed by atoms with van der Waals surface area (Å²) < 4.78 is 5.34. The van der Waals surface area contributed by atoms with E-state index in [4.69, 9.17) is 4.74 Å². The maximum atomic E-state index is 5.34. The third-order valence-corrected chi connectivity index (χ3v) is 3.63. The van der Waals surface area contributed by atoms with E-state index in [0.717, 1.165) is 31.9 Å². The Morgan fingerprint density at radius 3 is 2.55 bits per heavy atom. The molecule has 0 spiro atoms. The van der Waals surface area contributed by atoms with Gasteiger partial charge in [0, 0.05) is 32.2 Å². The summed E-state index contributed by atoms with van der Waals surface area (Å²) in [5.74, 6) is 0.962. The van der Waals surface area contributed by atoms with Gasteiger partial charge in [0.2, 0.25) is 0 Å². The van der Waals surface area contributed by atoms with Crippen molar-refractivity contribution < 1.29 is 4.74 Å². The van der Waals surface area contributed by atoms with Crippen molar-refractivity contribution in [1.29, 1.82) is 0 Å². The van der Waals surface area contributed by atoms with Gasteiger partial charge in [0.25, 0.3) is 0 Å². The number of benzene rings is 1. The van der Waals surface area contributed by atoms with Gasteiger partial charge in [-0.15, -0.1) is 24.8 Å². The molecule has 1 saturated heterocycles. The minimum Gasteiger partial charge on any atom is -0.497 e. The highest BCUT2D eigenvalue weighted by Crippen LogP contribution is 2.28. The maximum absolute atomic E-state index is 5.34. The zero-order valence-corrected chi connectivity index (χ0v) is 13.9. The van der Waals surface area contributed by atoms with Crippen molar-refractivity contribution in [2.24, 2.45) is 0 Å². The summed E-state index contributed by atoms with van der Waals surface area (Å²) in [7, 11) is 1.73. The zero-order chi connectivity index (χ0) is 12.8. The Balaban J connectivity index is 0.00000180. The summed E-state index contributed by atoms with van der Waals surface area (Å²) in [5.41, 5.74) is 1.39. The number of piperazine rings is 1. The molecule has 116 valence electrons. The van der Waals surface area contributed by atoms with Crippen molar-refractivity contribution in [3.63, 3.8) is 0 Å². The van der Waals surface area contributed by atoms with Crippen molar-refractivity contribution in [1.82, 2.24) is 10.2 Å². The molecule has 1 aliphatic rings. The van der Waals surface area contributed by atoms with E-state index >= 15 is 0 Å². The van der Waals surface area contributed by atoms with Gasteiger partial charge < -0.3 is 10.1 Å². The number of methoxy groups -OCH3 is 1. The molecule has 0 bridgehead atoms. The topological polar surface area (TPSA) is 24.5 Å². The van der Waals surface area contributed by atoms with Crippen LogP contribution >= 0.6 is 24.8 Å². The number of nitrogens with one attached hydrogen (secondary N) is 1. The fourth-order valence-corrected chi connectivity index (χ4v) is 2.68. The maximum Gasteiger partial charge on any atom is 0.119 e. The molecule has 0 amide bonds. The normalized spacial score (nSPS) is 16.7. The van der Waals surface area contributed by atoms with E-state index in [2.05, 4.69) is 35.3 Å². The van der Waals surface area contributed by atoms with Crippen LogP contribution in [-0.4, -0.2) is 38.2 Å². The minimum absolute atomic E-state index is 0. The highest BCUT2D eigenvalue weighted by Gasteiger charge is 2.21. The van der Waals surface area contributed by atoms with Gasteiger partial charge in [-0.25, -0.2) is 0 Å². The Morgan fingerprint density at radius 2 is 1.95 bits per heavy atom. The summed E-state index contributed by atoms with van der Waals surface area (Å²) in [4.78, 5) is 2.59. The second-order valence-corrected chi connectivity index (χ2v) is 4.87. The average molecular weight is 321 g/mol. The van der Waals surface area contributed by atoms with Gasteiger partial charge in [0.1, 0.15) is 5.75 Å². The Hall–Kier alpha value is -0.480. The van der Waals surface area contributed by atoms with Gasteiger partial charge in [-0.1, -0.05) is 25.5 Å². The Morgan fingerprint density at radius 1 is 1.25 bits per heavy atom. The SMILES string of the molecule is CCC[C@@H](c1cccc(OC)c1)N1CCNCC1.Cl.Cl. The van der Waals surface area contributed by atoms with E-state index in [-0.39, 0.29) is 24.8 Å². The number of hydrogen-bond acceptors (Lipinski definition) is 3. The van der Waals surface area contributed by atoms with Crippen LogP contribution in [-0.2, 0) is 0 Å². The second-order valence-electron chi connectivity index (χ2n) is 4.87. The summed E-state index contributed by atoms with van der Waals surface area (Å²) in [5, 5.41) is 3.42. The third kappa shape index (κ3) is 5.13. The molecule has 2 rings (SSSR count). The molecule has 3 nitrogen and oxygen atoms in total. The third-order valence-electron chi connectivity index (χ3n) is 3.63. The minimum atomic E-state index is 0. The van der Waals surface area contributed by atoms with E-state index in [0.29, 0.717) is 6.04 Å². The number of rotatable bonds is 5. The van der Waals surface area contributed by atoms with Gasteiger partial charge in [0.05, 0.1) is 7.11 Å². The van der Waals surface area contributed by atoms with Gasteiger partial charge in [0.15, 0.2) is 0 Å². The van der Waals surface area contributed by atoms with Gasteiger partial charge >= 0.3 is 0 Å². The number of ether oxygens (including phenoxy) is 1. The lowest BCUT2D eigenvalue weighted by Gasteiger charge is -2.35. The molecule has 1 aromatic rings. The van der Waals surface area contributed by atoms with Crippen molar-refractivity contribution >= 4 is 24.8 Å². The highest BCUT2D eigenvalue weighted by molar-refractivity contribution is 5.85. The lowest BCUT2D eigenvalue weighted by Crippen LogP contribution is -2.45. The molecule has 1 fully saturated rings. The summed E-state index contributed by atoms with van der Waals surface area (Å²) in [6.45, 7) is 6.74. The molecule has 1 atom stereocenters.